The number of anilines is 3. The summed E-state index contributed by atoms with van der Waals surface area (Å²) >= 11 is 0. The SMILES string of the molecule is O=S(=O)(c1ccccc1)c1cc(NCCCO)nc(Nc2ccccn2)c1. The van der Waals surface area contributed by atoms with E-state index in [-0.39, 0.29) is 16.4 Å². The number of hydrogen-bond acceptors (Lipinski definition) is 7. The molecule has 3 N–H and O–H groups in total. The lowest BCUT2D eigenvalue weighted by Crippen LogP contribution is -2.09. The Morgan fingerprint density at radius 1 is 0.889 bits per heavy atom. The molecule has 1 aromatic carbocycles. The quantitative estimate of drug-likeness (QED) is 0.513. The normalized spacial score (nSPS) is 11.1. The Hall–Kier alpha value is -2.97. The predicted octanol–water partition coefficient (Wildman–Crippen LogP) is 2.85. The molecule has 0 amide bonds. The van der Waals surface area contributed by atoms with Crippen molar-refractivity contribution in [3.63, 3.8) is 0 Å². The van der Waals surface area contributed by atoms with Crippen molar-refractivity contribution in [1.29, 1.82) is 0 Å². The molecule has 2 heterocycles. The summed E-state index contributed by atoms with van der Waals surface area (Å²) < 4.78 is 26.0. The molecule has 140 valence electrons. The highest BCUT2D eigenvalue weighted by Gasteiger charge is 2.19. The second kappa shape index (κ2) is 8.61. The lowest BCUT2D eigenvalue weighted by atomic mass is 10.4. The number of aromatic nitrogens is 2. The van der Waals surface area contributed by atoms with Crippen molar-refractivity contribution in [2.24, 2.45) is 0 Å². The maximum Gasteiger partial charge on any atom is 0.206 e. The van der Waals surface area contributed by atoms with Crippen molar-refractivity contribution in [2.75, 3.05) is 23.8 Å². The van der Waals surface area contributed by atoms with Crippen molar-refractivity contribution >= 4 is 27.3 Å². The summed E-state index contributed by atoms with van der Waals surface area (Å²) in [5.74, 6) is 1.32. The first kappa shape index (κ1) is 18.8. The molecule has 0 fully saturated rings. The van der Waals surface area contributed by atoms with Crippen molar-refractivity contribution in [3.05, 3.63) is 66.9 Å². The fourth-order valence-electron chi connectivity index (χ4n) is 2.41. The molecule has 0 saturated carbocycles. The van der Waals surface area contributed by atoms with E-state index < -0.39 is 9.84 Å². The zero-order valence-corrected chi connectivity index (χ0v) is 15.4. The number of pyridine rings is 2. The number of rotatable bonds is 8. The number of nitrogens with zero attached hydrogens (tertiary/aromatic N) is 2. The molecule has 0 spiro atoms. The molecule has 0 unspecified atom stereocenters. The lowest BCUT2D eigenvalue weighted by molar-refractivity contribution is 0.292. The Labute approximate surface area is 158 Å². The van der Waals surface area contributed by atoms with Crippen LogP contribution in [0.1, 0.15) is 6.42 Å². The van der Waals surface area contributed by atoms with Crippen LogP contribution in [0.5, 0.6) is 0 Å². The van der Waals surface area contributed by atoms with E-state index >= 15 is 0 Å². The summed E-state index contributed by atoms with van der Waals surface area (Å²) in [5, 5.41) is 15.0. The molecule has 8 heteroatoms. The molecule has 0 aliphatic rings. The zero-order valence-electron chi connectivity index (χ0n) is 14.5. The van der Waals surface area contributed by atoms with Crippen LogP contribution < -0.4 is 10.6 Å². The molecule has 27 heavy (non-hydrogen) atoms. The Bertz CT molecular complexity index is 980. The van der Waals surface area contributed by atoms with Gasteiger partial charge in [-0.3, -0.25) is 0 Å². The van der Waals surface area contributed by atoms with Gasteiger partial charge >= 0.3 is 0 Å². The molecule has 2 aromatic heterocycles. The molecular weight excluding hydrogens is 364 g/mol. The van der Waals surface area contributed by atoms with Crippen LogP contribution in [0.2, 0.25) is 0 Å². The monoisotopic (exact) mass is 384 g/mol. The minimum absolute atomic E-state index is 0.0358. The Kier molecular flexibility index (Phi) is 6.00. The summed E-state index contributed by atoms with van der Waals surface area (Å²) in [5.41, 5.74) is 0. The molecule has 3 aromatic rings. The molecule has 0 aliphatic heterocycles. The van der Waals surface area contributed by atoms with E-state index in [1.54, 1.807) is 48.7 Å². The number of sulfone groups is 1. The van der Waals surface area contributed by atoms with Crippen molar-refractivity contribution in [2.45, 2.75) is 16.2 Å². The van der Waals surface area contributed by atoms with Gasteiger partial charge in [-0.25, -0.2) is 18.4 Å². The van der Waals surface area contributed by atoms with Crippen molar-refractivity contribution in [3.8, 4) is 0 Å². The number of hydrogen-bond donors (Lipinski definition) is 3. The highest BCUT2D eigenvalue weighted by molar-refractivity contribution is 7.91. The summed E-state index contributed by atoms with van der Waals surface area (Å²) in [6.45, 7) is 0.509. The summed E-state index contributed by atoms with van der Waals surface area (Å²) in [7, 11) is -3.70. The molecular formula is C19H20N4O3S. The minimum atomic E-state index is -3.70. The van der Waals surface area contributed by atoms with Crippen LogP contribution >= 0.6 is 0 Å². The molecule has 0 bridgehead atoms. The largest absolute Gasteiger partial charge is 0.396 e. The number of nitrogens with one attached hydrogen (secondary N) is 2. The fourth-order valence-corrected chi connectivity index (χ4v) is 3.74. The van der Waals surface area contributed by atoms with Gasteiger partial charge in [0.05, 0.1) is 9.79 Å². The van der Waals surface area contributed by atoms with Gasteiger partial charge in [0.25, 0.3) is 0 Å². The van der Waals surface area contributed by atoms with E-state index in [2.05, 4.69) is 20.6 Å². The molecule has 7 nitrogen and oxygen atoms in total. The van der Waals surface area contributed by atoms with E-state index in [1.165, 1.54) is 12.1 Å². The van der Waals surface area contributed by atoms with Crippen LogP contribution in [-0.2, 0) is 9.84 Å². The van der Waals surface area contributed by atoms with Gasteiger partial charge < -0.3 is 15.7 Å². The third-order valence-corrected chi connectivity index (χ3v) is 5.47. The number of aliphatic hydroxyl groups is 1. The molecule has 0 atom stereocenters. The van der Waals surface area contributed by atoms with Gasteiger partial charge in [-0.05, 0) is 36.8 Å². The van der Waals surface area contributed by atoms with E-state index in [0.29, 0.717) is 30.4 Å². The van der Waals surface area contributed by atoms with Crippen molar-refractivity contribution < 1.29 is 13.5 Å². The van der Waals surface area contributed by atoms with Crippen molar-refractivity contribution in [1.82, 2.24) is 9.97 Å². The van der Waals surface area contributed by atoms with Gasteiger partial charge in [0.2, 0.25) is 9.84 Å². The average molecular weight is 384 g/mol. The zero-order chi connectivity index (χ0) is 19.1. The summed E-state index contributed by atoms with van der Waals surface area (Å²) in [4.78, 5) is 8.90. The fraction of sp³-hybridized carbons (Fsp3) is 0.158. The van der Waals surface area contributed by atoms with Crippen LogP contribution in [0.4, 0.5) is 17.5 Å². The molecule has 0 aliphatic carbocycles. The Morgan fingerprint density at radius 2 is 1.63 bits per heavy atom. The van der Waals surface area contributed by atoms with Crippen LogP contribution in [0.25, 0.3) is 0 Å². The van der Waals surface area contributed by atoms with Crippen LogP contribution in [0.3, 0.4) is 0 Å². The van der Waals surface area contributed by atoms with Crippen LogP contribution in [0.15, 0.2) is 76.7 Å². The number of benzene rings is 1. The van der Waals surface area contributed by atoms with Gasteiger partial charge in [0, 0.05) is 25.4 Å². The van der Waals surface area contributed by atoms with Gasteiger partial charge in [-0.1, -0.05) is 24.3 Å². The number of aliphatic hydroxyl groups excluding tert-OH is 1. The van der Waals surface area contributed by atoms with E-state index in [0.717, 1.165) is 0 Å². The standard InChI is InChI=1S/C19H20N4O3S/c24-12-6-11-21-18-13-16(27(25,26)15-7-2-1-3-8-15)14-19(23-18)22-17-9-4-5-10-20-17/h1-5,7-10,13-14,24H,6,11-12H2,(H2,20,21,22,23). The van der Waals surface area contributed by atoms with Gasteiger partial charge in [-0.15, -0.1) is 0 Å². The summed E-state index contributed by atoms with van der Waals surface area (Å²) in [6.07, 6.45) is 2.16. The topological polar surface area (TPSA) is 104 Å². The second-order valence-corrected chi connectivity index (χ2v) is 7.68. The predicted molar refractivity (Wildman–Crippen MR) is 104 cm³/mol. The molecule has 3 rings (SSSR count). The maximum absolute atomic E-state index is 13.0. The average Bonchev–Trinajstić information content (AvgIpc) is 2.69. The second-order valence-electron chi connectivity index (χ2n) is 5.73. The lowest BCUT2D eigenvalue weighted by Gasteiger charge is -2.12. The smallest absolute Gasteiger partial charge is 0.206 e. The third kappa shape index (κ3) is 4.81. The highest BCUT2D eigenvalue weighted by Crippen LogP contribution is 2.26. The maximum atomic E-state index is 13.0. The molecule has 0 saturated heterocycles. The summed E-state index contributed by atoms with van der Waals surface area (Å²) in [6, 6.07) is 16.6. The van der Waals surface area contributed by atoms with E-state index in [9.17, 15) is 8.42 Å². The third-order valence-electron chi connectivity index (χ3n) is 3.72. The van der Waals surface area contributed by atoms with Gasteiger partial charge in [0.15, 0.2) is 0 Å². The highest BCUT2D eigenvalue weighted by atomic mass is 32.2. The first-order valence-electron chi connectivity index (χ1n) is 8.44. The van der Waals surface area contributed by atoms with Gasteiger partial charge in [-0.2, -0.15) is 0 Å². The Balaban J connectivity index is 1.99. The van der Waals surface area contributed by atoms with E-state index in [4.69, 9.17) is 5.11 Å². The minimum Gasteiger partial charge on any atom is -0.396 e. The van der Waals surface area contributed by atoms with Crippen LogP contribution in [0, 0.1) is 0 Å². The first-order valence-corrected chi connectivity index (χ1v) is 9.93. The first-order chi connectivity index (χ1) is 13.1. The Morgan fingerprint density at radius 3 is 2.33 bits per heavy atom. The van der Waals surface area contributed by atoms with E-state index in [1.807, 2.05) is 6.07 Å². The molecule has 0 radical (unpaired) electrons. The van der Waals surface area contributed by atoms with Gasteiger partial charge in [0.1, 0.15) is 17.5 Å². The van der Waals surface area contributed by atoms with Crippen LogP contribution in [-0.4, -0.2) is 36.6 Å².